The molecule has 0 radical (unpaired) electrons. The summed E-state index contributed by atoms with van der Waals surface area (Å²) in [5.74, 6) is 0.526. The third-order valence-electron chi connectivity index (χ3n) is 5.30. The van der Waals surface area contributed by atoms with Crippen molar-refractivity contribution >= 4 is 18.3 Å². The number of halogens is 3. The van der Waals surface area contributed by atoms with Gasteiger partial charge in [-0.3, -0.25) is 4.79 Å². The number of nitrogens with one attached hydrogen (secondary N) is 2. The van der Waals surface area contributed by atoms with Gasteiger partial charge in [0.15, 0.2) is 0 Å². The SMILES string of the molecule is CCC(NC(=O)CC1CC2CCC(C1)N2)c1ccccc1OC(F)F.Cl. The zero-order chi connectivity index (χ0) is 17.8. The summed E-state index contributed by atoms with van der Waals surface area (Å²) in [4.78, 5) is 12.5. The third-order valence-corrected chi connectivity index (χ3v) is 5.30. The van der Waals surface area contributed by atoms with Gasteiger partial charge in [0.1, 0.15) is 5.75 Å². The molecule has 146 valence electrons. The number of ether oxygens (including phenoxy) is 1. The van der Waals surface area contributed by atoms with Crippen LogP contribution < -0.4 is 15.4 Å². The van der Waals surface area contributed by atoms with Crippen LogP contribution in [-0.2, 0) is 4.79 Å². The molecule has 0 aromatic heterocycles. The molecule has 2 aliphatic heterocycles. The first-order valence-electron chi connectivity index (χ1n) is 9.14. The maximum atomic E-state index is 12.6. The second-order valence-electron chi connectivity index (χ2n) is 7.12. The number of para-hydroxylation sites is 1. The Kier molecular flexibility index (Phi) is 7.65. The van der Waals surface area contributed by atoms with E-state index >= 15 is 0 Å². The van der Waals surface area contributed by atoms with Crippen LogP contribution in [0.25, 0.3) is 0 Å². The summed E-state index contributed by atoms with van der Waals surface area (Å²) in [6, 6.07) is 7.46. The predicted molar refractivity (Wildman–Crippen MR) is 98.8 cm³/mol. The van der Waals surface area contributed by atoms with Gasteiger partial charge in [0.05, 0.1) is 6.04 Å². The van der Waals surface area contributed by atoms with Gasteiger partial charge in [0.25, 0.3) is 0 Å². The van der Waals surface area contributed by atoms with Crippen LogP contribution in [0.3, 0.4) is 0 Å². The molecular formula is C19H27ClF2N2O2. The Bertz CT molecular complexity index is 591. The Balaban J connectivity index is 0.00000243. The predicted octanol–water partition coefficient (Wildman–Crippen LogP) is 4.20. The van der Waals surface area contributed by atoms with Crippen molar-refractivity contribution in [2.75, 3.05) is 0 Å². The van der Waals surface area contributed by atoms with Gasteiger partial charge in [-0.25, -0.2) is 0 Å². The first-order chi connectivity index (χ1) is 12.0. The Morgan fingerprint density at radius 3 is 2.54 bits per heavy atom. The smallest absolute Gasteiger partial charge is 0.387 e. The molecule has 3 unspecified atom stereocenters. The fourth-order valence-corrected chi connectivity index (χ4v) is 4.23. The molecule has 2 saturated heterocycles. The van der Waals surface area contributed by atoms with E-state index in [9.17, 15) is 13.6 Å². The van der Waals surface area contributed by atoms with Crippen molar-refractivity contribution in [3.8, 4) is 5.75 Å². The molecule has 0 aliphatic carbocycles. The van der Waals surface area contributed by atoms with Crippen molar-refractivity contribution < 1.29 is 18.3 Å². The molecule has 3 atom stereocenters. The number of benzene rings is 1. The molecule has 2 aliphatic rings. The Labute approximate surface area is 159 Å². The van der Waals surface area contributed by atoms with Crippen molar-refractivity contribution in [1.82, 2.24) is 10.6 Å². The first kappa shape index (κ1) is 20.9. The first-order valence-corrected chi connectivity index (χ1v) is 9.14. The van der Waals surface area contributed by atoms with Gasteiger partial charge < -0.3 is 15.4 Å². The summed E-state index contributed by atoms with van der Waals surface area (Å²) in [5.41, 5.74) is 0.601. The molecule has 4 nitrogen and oxygen atoms in total. The highest BCUT2D eigenvalue weighted by atomic mass is 35.5. The van der Waals surface area contributed by atoms with Gasteiger partial charge in [0.2, 0.25) is 5.91 Å². The molecule has 26 heavy (non-hydrogen) atoms. The van der Waals surface area contributed by atoms with E-state index in [4.69, 9.17) is 0 Å². The average molecular weight is 389 g/mol. The van der Waals surface area contributed by atoms with E-state index in [1.807, 2.05) is 6.92 Å². The number of amides is 1. The number of hydrogen-bond acceptors (Lipinski definition) is 3. The van der Waals surface area contributed by atoms with E-state index in [-0.39, 0.29) is 30.1 Å². The highest BCUT2D eigenvalue weighted by Crippen LogP contribution is 2.33. The molecule has 2 bridgehead atoms. The summed E-state index contributed by atoms with van der Waals surface area (Å²) >= 11 is 0. The fourth-order valence-electron chi connectivity index (χ4n) is 4.23. The molecule has 3 rings (SSSR count). The summed E-state index contributed by atoms with van der Waals surface area (Å²) in [6.07, 6.45) is 5.63. The standard InChI is InChI=1S/C19H26F2N2O2.ClH/c1-2-16(15-5-3-4-6-17(15)25-19(20)21)23-18(24)11-12-9-13-7-8-14(10-12)22-13;/h3-6,12-14,16,19,22H,2,7-11H2,1H3,(H,23,24);1H. The lowest BCUT2D eigenvalue weighted by Crippen LogP contribution is -2.40. The van der Waals surface area contributed by atoms with E-state index in [0.717, 1.165) is 12.8 Å². The summed E-state index contributed by atoms with van der Waals surface area (Å²) in [6.45, 7) is -0.950. The lowest BCUT2D eigenvalue weighted by molar-refractivity contribution is -0.123. The van der Waals surface area contributed by atoms with Crippen molar-refractivity contribution in [2.24, 2.45) is 5.92 Å². The minimum absolute atomic E-state index is 0. The highest BCUT2D eigenvalue weighted by molar-refractivity contribution is 5.85. The number of carbonyl (C=O) groups excluding carboxylic acids is 1. The van der Waals surface area contributed by atoms with Crippen LogP contribution in [0, 0.1) is 5.92 Å². The molecule has 1 amide bonds. The van der Waals surface area contributed by atoms with Gasteiger partial charge in [-0.2, -0.15) is 8.78 Å². The second kappa shape index (κ2) is 9.51. The van der Waals surface area contributed by atoms with Crippen LogP contribution in [0.2, 0.25) is 0 Å². The molecule has 2 heterocycles. The average Bonchev–Trinajstić information content (AvgIpc) is 2.91. The Morgan fingerprint density at radius 1 is 1.27 bits per heavy atom. The molecule has 2 fully saturated rings. The van der Waals surface area contributed by atoms with Crippen LogP contribution in [0.1, 0.15) is 57.1 Å². The quantitative estimate of drug-likeness (QED) is 0.736. The molecule has 1 aromatic rings. The van der Waals surface area contributed by atoms with E-state index in [2.05, 4.69) is 15.4 Å². The Hall–Kier alpha value is -1.40. The van der Waals surface area contributed by atoms with Crippen LogP contribution in [-0.4, -0.2) is 24.6 Å². The minimum Gasteiger partial charge on any atom is -0.434 e. The van der Waals surface area contributed by atoms with Gasteiger partial charge in [0, 0.05) is 24.1 Å². The zero-order valence-electron chi connectivity index (χ0n) is 14.9. The largest absolute Gasteiger partial charge is 0.434 e. The van der Waals surface area contributed by atoms with Crippen LogP contribution in [0.15, 0.2) is 24.3 Å². The van der Waals surface area contributed by atoms with Gasteiger partial charge in [-0.1, -0.05) is 25.1 Å². The molecular weight excluding hydrogens is 362 g/mol. The van der Waals surface area contributed by atoms with E-state index < -0.39 is 6.61 Å². The van der Waals surface area contributed by atoms with Crippen molar-refractivity contribution in [1.29, 1.82) is 0 Å². The maximum Gasteiger partial charge on any atom is 0.387 e. The summed E-state index contributed by atoms with van der Waals surface area (Å²) in [7, 11) is 0. The maximum absolute atomic E-state index is 12.6. The Morgan fingerprint density at radius 2 is 1.92 bits per heavy atom. The van der Waals surface area contributed by atoms with E-state index in [0.29, 0.717) is 36.4 Å². The van der Waals surface area contributed by atoms with Crippen molar-refractivity contribution in [2.45, 2.75) is 70.2 Å². The number of hydrogen-bond donors (Lipinski definition) is 2. The fraction of sp³-hybridized carbons (Fsp3) is 0.632. The van der Waals surface area contributed by atoms with Crippen LogP contribution >= 0.6 is 12.4 Å². The van der Waals surface area contributed by atoms with Gasteiger partial charge in [-0.05, 0) is 44.1 Å². The van der Waals surface area contributed by atoms with Crippen LogP contribution in [0.5, 0.6) is 5.75 Å². The lowest BCUT2D eigenvalue weighted by Gasteiger charge is -2.29. The molecule has 0 saturated carbocycles. The molecule has 2 N–H and O–H groups in total. The minimum atomic E-state index is -2.88. The normalized spacial score (nSPS) is 25.5. The zero-order valence-corrected chi connectivity index (χ0v) is 15.7. The summed E-state index contributed by atoms with van der Waals surface area (Å²) < 4.78 is 29.8. The van der Waals surface area contributed by atoms with Crippen molar-refractivity contribution in [3.05, 3.63) is 29.8 Å². The molecule has 0 spiro atoms. The molecule has 1 aromatic carbocycles. The number of piperidine rings is 1. The van der Waals surface area contributed by atoms with Gasteiger partial charge in [-0.15, -0.1) is 12.4 Å². The topological polar surface area (TPSA) is 50.4 Å². The van der Waals surface area contributed by atoms with Crippen molar-refractivity contribution in [3.63, 3.8) is 0 Å². The number of alkyl halides is 2. The second-order valence-corrected chi connectivity index (χ2v) is 7.12. The third kappa shape index (κ3) is 5.30. The number of fused-ring (bicyclic) bond motifs is 2. The van der Waals surface area contributed by atoms with Gasteiger partial charge >= 0.3 is 6.61 Å². The highest BCUT2D eigenvalue weighted by Gasteiger charge is 2.34. The number of carbonyl (C=O) groups is 1. The molecule has 7 heteroatoms. The monoisotopic (exact) mass is 388 g/mol. The lowest BCUT2D eigenvalue weighted by atomic mass is 9.89. The summed E-state index contributed by atoms with van der Waals surface area (Å²) in [5, 5.41) is 6.59. The number of rotatable bonds is 7. The van der Waals surface area contributed by atoms with E-state index in [1.54, 1.807) is 18.2 Å². The van der Waals surface area contributed by atoms with Crippen LogP contribution in [0.4, 0.5) is 8.78 Å². The van der Waals surface area contributed by atoms with E-state index in [1.165, 1.54) is 18.9 Å².